The van der Waals surface area contributed by atoms with Gasteiger partial charge in [-0.3, -0.25) is 14.9 Å². The lowest BCUT2D eigenvalue weighted by Crippen LogP contribution is -2.47. The van der Waals surface area contributed by atoms with Gasteiger partial charge in [-0.25, -0.2) is 4.39 Å². The SMILES string of the molecule is CCC(C)C(NC(=O)c1ccc2c(c1)OCO2)C(=O)Nc1nnc(-c2ccc(F)cc2)s1. The van der Waals surface area contributed by atoms with Crippen LogP contribution in [0, 0.1) is 11.7 Å². The number of halogens is 1. The van der Waals surface area contributed by atoms with E-state index in [-0.39, 0.29) is 18.5 Å². The summed E-state index contributed by atoms with van der Waals surface area (Å²) in [4.78, 5) is 25.8. The average Bonchev–Trinajstić information content (AvgIpc) is 3.46. The normalized spacial score (nSPS) is 14.0. The Morgan fingerprint density at radius 1 is 1.12 bits per heavy atom. The van der Waals surface area contributed by atoms with Gasteiger partial charge in [0, 0.05) is 11.1 Å². The van der Waals surface area contributed by atoms with E-state index in [2.05, 4.69) is 20.8 Å². The Bertz CT molecular complexity index is 1140. The number of hydrogen-bond acceptors (Lipinski definition) is 7. The number of hydrogen-bond donors (Lipinski definition) is 2. The number of nitrogens with zero attached hydrogens (tertiary/aromatic N) is 2. The highest BCUT2D eigenvalue weighted by Crippen LogP contribution is 2.32. The van der Waals surface area contributed by atoms with E-state index in [1.54, 1.807) is 30.3 Å². The predicted molar refractivity (Wildman–Crippen MR) is 117 cm³/mol. The van der Waals surface area contributed by atoms with Gasteiger partial charge in [0.15, 0.2) is 11.5 Å². The van der Waals surface area contributed by atoms with E-state index >= 15 is 0 Å². The van der Waals surface area contributed by atoms with Crippen molar-refractivity contribution in [3.8, 4) is 22.1 Å². The third-order valence-electron chi connectivity index (χ3n) is 5.16. The molecule has 1 aromatic heterocycles. The standard InChI is InChI=1S/C22H21FN4O4S/c1-3-12(2)18(24-19(28)14-6-9-16-17(10-14)31-11-30-16)20(29)25-22-27-26-21(32-22)13-4-7-15(23)8-5-13/h4-10,12,18H,3,11H2,1-2H3,(H,24,28)(H,25,27,29). The summed E-state index contributed by atoms with van der Waals surface area (Å²) in [7, 11) is 0. The maximum absolute atomic E-state index is 13.1. The van der Waals surface area contributed by atoms with Crippen molar-refractivity contribution in [2.24, 2.45) is 5.92 Å². The maximum atomic E-state index is 13.1. The molecule has 0 bridgehead atoms. The second kappa shape index (κ2) is 9.31. The summed E-state index contributed by atoms with van der Waals surface area (Å²) in [5.41, 5.74) is 1.06. The Morgan fingerprint density at radius 3 is 2.62 bits per heavy atom. The van der Waals surface area contributed by atoms with Gasteiger partial charge in [-0.1, -0.05) is 31.6 Å². The molecule has 1 aliphatic rings. The molecule has 0 spiro atoms. The predicted octanol–water partition coefficient (Wildman–Crippen LogP) is 3.86. The van der Waals surface area contributed by atoms with Crippen LogP contribution in [0.2, 0.25) is 0 Å². The number of benzene rings is 2. The average molecular weight is 456 g/mol. The van der Waals surface area contributed by atoms with E-state index < -0.39 is 17.9 Å². The zero-order valence-corrected chi connectivity index (χ0v) is 18.2. The molecule has 8 nitrogen and oxygen atoms in total. The second-order valence-electron chi connectivity index (χ2n) is 7.31. The summed E-state index contributed by atoms with van der Waals surface area (Å²) in [6.07, 6.45) is 0.677. The Hall–Kier alpha value is -3.53. The van der Waals surface area contributed by atoms with Gasteiger partial charge in [0.25, 0.3) is 5.91 Å². The molecular weight excluding hydrogens is 435 g/mol. The quantitative estimate of drug-likeness (QED) is 0.560. The first-order valence-corrected chi connectivity index (χ1v) is 10.9. The topological polar surface area (TPSA) is 102 Å². The van der Waals surface area contributed by atoms with E-state index in [1.165, 1.54) is 23.5 Å². The van der Waals surface area contributed by atoms with Crippen LogP contribution in [0.15, 0.2) is 42.5 Å². The Kier molecular flexibility index (Phi) is 6.31. The fourth-order valence-corrected chi connectivity index (χ4v) is 3.88. The molecule has 0 saturated heterocycles. The van der Waals surface area contributed by atoms with Crippen LogP contribution in [0.1, 0.15) is 30.6 Å². The van der Waals surface area contributed by atoms with Gasteiger partial charge < -0.3 is 14.8 Å². The van der Waals surface area contributed by atoms with Crippen LogP contribution in [-0.4, -0.2) is 34.8 Å². The molecule has 166 valence electrons. The van der Waals surface area contributed by atoms with Crippen molar-refractivity contribution >= 4 is 28.3 Å². The molecule has 10 heteroatoms. The summed E-state index contributed by atoms with van der Waals surface area (Å²) in [5, 5.41) is 14.4. The number of carbonyl (C=O) groups excluding carboxylic acids is 2. The molecule has 0 radical (unpaired) electrons. The van der Waals surface area contributed by atoms with Crippen LogP contribution >= 0.6 is 11.3 Å². The minimum absolute atomic E-state index is 0.111. The number of anilines is 1. The van der Waals surface area contributed by atoms with Crippen LogP contribution in [0.25, 0.3) is 10.6 Å². The second-order valence-corrected chi connectivity index (χ2v) is 8.29. The monoisotopic (exact) mass is 456 g/mol. The third kappa shape index (κ3) is 4.70. The lowest BCUT2D eigenvalue weighted by Gasteiger charge is -2.23. The van der Waals surface area contributed by atoms with E-state index in [0.717, 1.165) is 0 Å². The molecule has 3 aromatic rings. The summed E-state index contributed by atoms with van der Waals surface area (Å²) >= 11 is 1.17. The molecule has 2 amide bonds. The van der Waals surface area contributed by atoms with Crippen LogP contribution in [-0.2, 0) is 4.79 Å². The fourth-order valence-electron chi connectivity index (χ4n) is 3.13. The zero-order valence-electron chi connectivity index (χ0n) is 17.4. The van der Waals surface area contributed by atoms with Gasteiger partial charge in [0.05, 0.1) is 0 Å². The molecule has 0 saturated carbocycles. The molecule has 4 rings (SSSR count). The molecular formula is C22H21FN4O4S. The third-order valence-corrected chi connectivity index (χ3v) is 6.05. The molecule has 0 fully saturated rings. The van der Waals surface area contributed by atoms with Gasteiger partial charge in [0.2, 0.25) is 17.8 Å². The van der Waals surface area contributed by atoms with Crippen molar-refractivity contribution in [2.75, 3.05) is 12.1 Å². The summed E-state index contributed by atoms with van der Waals surface area (Å²) < 4.78 is 23.7. The van der Waals surface area contributed by atoms with Gasteiger partial charge in [-0.2, -0.15) is 0 Å². The number of rotatable bonds is 7. The molecule has 2 unspecified atom stereocenters. The van der Waals surface area contributed by atoms with E-state index in [1.807, 2.05) is 13.8 Å². The number of nitrogens with one attached hydrogen (secondary N) is 2. The number of carbonyl (C=O) groups is 2. The molecule has 2 heterocycles. The first-order chi connectivity index (χ1) is 15.4. The Labute approximate surface area is 187 Å². The van der Waals surface area contributed by atoms with Crippen LogP contribution in [0.3, 0.4) is 0 Å². The minimum Gasteiger partial charge on any atom is -0.454 e. The molecule has 1 aliphatic heterocycles. The highest BCUT2D eigenvalue weighted by atomic mass is 32.1. The highest BCUT2D eigenvalue weighted by molar-refractivity contribution is 7.18. The summed E-state index contributed by atoms with van der Waals surface area (Å²) in [6.45, 7) is 3.93. The Morgan fingerprint density at radius 2 is 1.88 bits per heavy atom. The smallest absolute Gasteiger partial charge is 0.252 e. The van der Waals surface area contributed by atoms with Crippen molar-refractivity contribution < 1.29 is 23.5 Å². The summed E-state index contributed by atoms with van der Waals surface area (Å²) in [6, 6.07) is 9.93. The van der Waals surface area contributed by atoms with Crippen molar-refractivity contribution in [3.05, 3.63) is 53.8 Å². The first kappa shape index (κ1) is 21.7. The van der Waals surface area contributed by atoms with E-state index in [4.69, 9.17) is 9.47 Å². The van der Waals surface area contributed by atoms with Crippen molar-refractivity contribution in [3.63, 3.8) is 0 Å². The lowest BCUT2D eigenvalue weighted by atomic mass is 9.98. The molecule has 2 N–H and O–H groups in total. The summed E-state index contributed by atoms with van der Waals surface area (Å²) in [5.74, 6) is -0.197. The first-order valence-electron chi connectivity index (χ1n) is 10.1. The van der Waals surface area contributed by atoms with Crippen LogP contribution < -0.4 is 20.1 Å². The number of aromatic nitrogens is 2. The van der Waals surface area contributed by atoms with E-state index in [0.29, 0.717) is 39.2 Å². The molecule has 2 aromatic carbocycles. The van der Waals surface area contributed by atoms with Gasteiger partial charge >= 0.3 is 0 Å². The fraction of sp³-hybridized carbons (Fsp3) is 0.273. The molecule has 2 atom stereocenters. The molecule has 0 aliphatic carbocycles. The number of fused-ring (bicyclic) bond motifs is 1. The van der Waals surface area contributed by atoms with Crippen LogP contribution in [0.5, 0.6) is 11.5 Å². The maximum Gasteiger partial charge on any atom is 0.252 e. The minimum atomic E-state index is -0.781. The molecule has 32 heavy (non-hydrogen) atoms. The van der Waals surface area contributed by atoms with Gasteiger partial charge in [0.1, 0.15) is 16.9 Å². The van der Waals surface area contributed by atoms with Crippen molar-refractivity contribution in [1.82, 2.24) is 15.5 Å². The van der Waals surface area contributed by atoms with Gasteiger partial charge in [-0.05, 0) is 48.4 Å². The highest BCUT2D eigenvalue weighted by Gasteiger charge is 2.28. The number of amides is 2. The van der Waals surface area contributed by atoms with Gasteiger partial charge in [-0.15, -0.1) is 10.2 Å². The van der Waals surface area contributed by atoms with Crippen molar-refractivity contribution in [1.29, 1.82) is 0 Å². The lowest BCUT2D eigenvalue weighted by molar-refractivity contribution is -0.119. The van der Waals surface area contributed by atoms with E-state index in [9.17, 15) is 14.0 Å². The number of ether oxygens (including phenoxy) is 2. The van der Waals surface area contributed by atoms with Crippen LogP contribution in [0.4, 0.5) is 9.52 Å². The van der Waals surface area contributed by atoms with Crippen molar-refractivity contribution in [2.45, 2.75) is 26.3 Å². The largest absolute Gasteiger partial charge is 0.454 e. The Balaban J connectivity index is 1.46. The zero-order chi connectivity index (χ0) is 22.7.